The van der Waals surface area contributed by atoms with Crippen molar-refractivity contribution < 1.29 is 10.0 Å². The van der Waals surface area contributed by atoms with Crippen LogP contribution in [0.15, 0.2) is 36.4 Å². The van der Waals surface area contributed by atoms with Crippen molar-refractivity contribution in [2.75, 3.05) is 0 Å². The summed E-state index contributed by atoms with van der Waals surface area (Å²) in [7, 11) is 0. The molecule has 1 aromatic heterocycles. The molecule has 0 spiro atoms. The van der Waals surface area contributed by atoms with E-state index in [4.69, 9.17) is 0 Å². The Kier molecular flexibility index (Phi) is 2.87. The second-order valence-corrected chi connectivity index (χ2v) is 5.40. The zero-order chi connectivity index (χ0) is 14.3. The maximum absolute atomic E-state index is 10.8. The van der Waals surface area contributed by atoms with Gasteiger partial charge < -0.3 is 5.11 Å². The Hall–Kier alpha value is -2.47. The van der Waals surface area contributed by atoms with Gasteiger partial charge in [-0.3, -0.25) is 10.1 Å². The first-order valence-corrected chi connectivity index (χ1v) is 6.72. The van der Waals surface area contributed by atoms with Crippen LogP contribution in [-0.2, 0) is 0 Å². The Balaban J connectivity index is 2.13. The highest BCUT2D eigenvalue weighted by Gasteiger charge is 2.14. The van der Waals surface area contributed by atoms with Gasteiger partial charge in [0.15, 0.2) is 0 Å². The van der Waals surface area contributed by atoms with Gasteiger partial charge in [-0.1, -0.05) is 6.07 Å². The van der Waals surface area contributed by atoms with Gasteiger partial charge in [0.25, 0.3) is 5.69 Å². The zero-order valence-corrected chi connectivity index (χ0v) is 11.3. The normalized spacial score (nSPS) is 10.8. The minimum Gasteiger partial charge on any atom is -0.506 e. The van der Waals surface area contributed by atoms with Crippen LogP contribution in [0.2, 0.25) is 0 Å². The van der Waals surface area contributed by atoms with E-state index in [-0.39, 0.29) is 11.4 Å². The van der Waals surface area contributed by atoms with E-state index in [9.17, 15) is 15.2 Å². The van der Waals surface area contributed by atoms with E-state index in [1.165, 1.54) is 17.4 Å². The van der Waals surface area contributed by atoms with Crippen molar-refractivity contribution in [3.05, 3.63) is 52.1 Å². The smallest absolute Gasteiger partial charge is 0.272 e. The molecule has 0 bridgehead atoms. The number of nitrogens with zero attached hydrogens (tertiary/aromatic N) is 2. The summed E-state index contributed by atoms with van der Waals surface area (Å²) in [5, 5.41) is 21.3. The van der Waals surface area contributed by atoms with E-state index >= 15 is 0 Å². The second-order valence-electron chi connectivity index (χ2n) is 4.40. The maximum Gasteiger partial charge on any atom is 0.272 e. The fourth-order valence-corrected chi connectivity index (χ4v) is 3.02. The fraction of sp³-hybridized carbons (Fsp3) is 0.0714. The molecule has 0 saturated heterocycles. The van der Waals surface area contributed by atoms with Gasteiger partial charge in [-0.2, -0.15) is 0 Å². The van der Waals surface area contributed by atoms with E-state index in [0.29, 0.717) is 5.56 Å². The third-order valence-electron chi connectivity index (χ3n) is 3.03. The summed E-state index contributed by atoms with van der Waals surface area (Å²) in [5.41, 5.74) is 2.23. The molecule has 0 radical (unpaired) electrons. The maximum atomic E-state index is 10.8. The average molecular weight is 286 g/mol. The van der Waals surface area contributed by atoms with Gasteiger partial charge in [-0.25, -0.2) is 4.98 Å². The van der Waals surface area contributed by atoms with Crippen molar-refractivity contribution in [1.29, 1.82) is 0 Å². The first kappa shape index (κ1) is 12.6. The number of thiazole rings is 1. The molecule has 3 aromatic rings. The van der Waals surface area contributed by atoms with Crippen molar-refractivity contribution in [1.82, 2.24) is 4.98 Å². The number of aromatic hydroxyl groups is 1. The highest BCUT2D eigenvalue weighted by Crippen LogP contribution is 2.36. The molecular weight excluding hydrogens is 276 g/mol. The summed E-state index contributed by atoms with van der Waals surface area (Å²) < 4.78 is 0.721. The Labute approximate surface area is 118 Å². The lowest BCUT2D eigenvalue weighted by Gasteiger charge is -1.99. The quantitative estimate of drug-likeness (QED) is 0.573. The lowest BCUT2D eigenvalue weighted by molar-refractivity contribution is -0.385. The summed E-state index contributed by atoms with van der Waals surface area (Å²) in [5.74, 6) is 0.199. The highest BCUT2D eigenvalue weighted by atomic mass is 32.1. The summed E-state index contributed by atoms with van der Waals surface area (Å²) in [4.78, 5) is 14.9. The van der Waals surface area contributed by atoms with E-state index < -0.39 is 4.92 Å². The number of hydrogen-bond donors (Lipinski definition) is 1. The van der Waals surface area contributed by atoms with Gasteiger partial charge >= 0.3 is 0 Å². The van der Waals surface area contributed by atoms with Crippen molar-refractivity contribution in [3.8, 4) is 16.3 Å². The largest absolute Gasteiger partial charge is 0.506 e. The number of aromatic nitrogens is 1. The molecule has 0 amide bonds. The highest BCUT2D eigenvalue weighted by molar-refractivity contribution is 7.22. The van der Waals surface area contributed by atoms with Crippen LogP contribution in [0, 0.1) is 17.0 Å². The summed E-state index contributed by atoms with van der Waals surface area (Å²) >= 11 is 1.37. The zero-order valence-electron chi connectivity index (χ0n) is 10.5. The Morgan fingerprint density at radius 1 is 1.30 bits per heavy atom. The number of rotatable bonds is 2. The molecule has 0 atom stereocenters. The predicted molar refractivity (Wildman–Crippen MR) is 78.1 cm³/mol. The SMILES string of the molecule is Cc1cc(-c2nc3cccc(O)c3s2)ccc1[N+](=O)[O-]. The number of benzene rings is 2. The van der Waals surface area contributed by atoms with Gasteiger partial charge in [0, 0.05) is 17.2 Å². The summed E-state index contributed by atoms with van der Waals surface area (Å²) in [6, 6.07) is 10.1. The number of nitro groups is 1. The van der Waals surface area contributed by atoms with E-state index in [2.05, 4.69) is 4.98 Å². The molecule has 0 saturated carbocycles. The lowest BCUT2D eigenvalue weighted by atomic mass is 10.1. The molecule has 20 heavy (non-hydrogen) atoms. The van der Waals surface area contributed by atoms with Gasteiger partial charge in [0.2, 0.25) is 0 Å². The minimum atomic E-state index is -0.400. The number of nitro benzene ring substituents is 1. The van der Waals surface area contributed by atoms with Crippen molar-refractivity contribution in [2.24, 2.45) is 0 Å². The topological polar surface area (TPSA) is 76.3 Å². The van der Waals surface area contributed by atoms with Crippen LogP contribution in [0.1, 0.15) is 5.56 Å². The third kappa shape index (κ3) is 2.00. The Morgan fingerprint density at radius 2 is 2.10 bits per heavy atom. The fourth-order valence-electron chi connectivity index (χ4n) is 2.05. The van der Waals surface area contributed by atoms with Crippen molar-refractivity contribution in [2.45, 2.75) is 6.92 Å². The Bertz CT molecular complexity index is 826. The summed E-state index contributed by atoms with van der Waals surface area (Å²) in [6.45, 7) is 1.70. The minimum absolute atomic E-state index is 0.0951. The van der Waals surface area contributed by atoms with Crippen molar-refractivity contribution >= 4 is 27.2 Å². The monoisotopic (exact) mass is 286 g/mol. The van der Waals surface area contributed by atoms with Gasteiger partial charge in [0.1, 0.15) is 10.8 Å². The molecule has 2 aromatic carbocycles. The molecule has 0 fully saturated rings. The predicted octanol–water partition coefficient (Wildman–Crippen LogP) is 3.89. The third-order valence-corrected chi connectivity index (χ3v) is 4.18. The van der Waals surface area contributed by atoms with Crippen LogP contribution in [0.3, 0.4) is 0 Å². The number of hydrogen-bond acceptors (Lipinski definition) is 5. The molecule has 5 nitrogen and oxygen atoms in total. The van der Waals surface area contributed by atoms with Crippen LogP contribution >= 0.6 is 11.3 Å². The van der Waals surface area contributed by atoms with Gasteiger partial charge in [0.05, 0.1) is 15.1 Å². The molecule has 6 heteroatoms. The number of aryl methyl sites for hydroxylation is 1. The first-order chi connectivity index (χ1) is 9.56. The molecule has 0 aliphatic rings. The molecule has 0 aliphatic heterocycles. The summed E-state index contributed by atoms with van der Waals surface area (Å²) in [6.07, 6.45) is 0. The molecule has 100 valence electrons. The molecule has 1 heterocycles. The van der Waals surface area contributed by atoms with Crippen LogP contribution in [0.25, 0.3) is 20.8 Å². The standard InChI is InChI=1S/C14H10N2O3S/c1-8-7-9(5-6-11(8)16(18)19)14-15-10-3-2-4-12(17)13(10)20-14/h2-7,17H,1H3. The van der Waals surface area contributed by atoms with Crippen molar-refractivity contribution in [3.63, 3.8) is 0 Å². The molecular formula is C14H10N2O3S. The van der Waals surface area contributed by atoms with Crippen LogP contribution in [-0.4, -0.2) is 15.0 Å². The molecule has 0 aliphatic carbocycles. The number of fused-ring (bicyclic) bond motifs is 1. The van der Waals surface area contributed by atoms with Gasteiger partial charge in [-0.15, -0.1) is 11.3 Å². The van der Waals surface area contributed by atoms with Crippen LogP contribution in [0.4, 0.5) is 5.69 Å². The number of phenolic OH excluding ortho intramolecular Hbond substituents is 1. The van der Waals surface area contributed by atoms with E-state index in [1.54, 1.807) is 31.2 Å². The van der Waals surface area contributed by atoms with Gasteiger partial charge in [-0.05, 0) is 31.2 Å². The first-order valence-electron chi connectivity index (χ1n) is 5.90. The Morgan fingerprint density at radius 3 is 2.75 bits per heavy atom. The van der Waals surface area contributed by atoms with E-state index in [0.717, 1.165) is 20.8 Å². The van der Waals surface area contributed by atoms with Crippen LogP contribution < -0.4 is 0 Å². The second kappa shape index (κ2) is 4.57. The average Bonchev–Trinajstić information content (AvgIpc) is 2.83. The molecule has 0 unspecified atom stereocenters. The van der Waals surface area contributed by atoms with Crippen LogP contribution in [0.5, 0.6) is 5.75 Å². The lowest BCUT2D eigenvalue weighted by Crippen LogP contribution is -1.91. The van der Waals surface area contributed by atoms with E-state index in [1.807, 2.05) is 6.07 Å². The number of phenols is 1. The molecule has 1 N–H and O–H groups in total. The molecule has 3 rings (SSSR count).